The predicted molar refractivity (Wildman–Crippen MR) is 260 cm³/mol. The molecule has 8 rings (SSSR count). The second-order valence-electron chi connectivity index (χ2n) is 14.1. The Kier molecular flexibility index (Phi) is 28.8. The third kappa shape index (κ3) is 18.1. The molecular formula is C48H49BrCl4K2N2O3S2. The number of rotatable bonds is 7. The molecule has 14 heteroatoms. The van der Waals surface area contributed by atoms with Crippen molar-refractivity contribution in [1.82, 2.24) is 9.80 Å². The van der Waals surface area contributed by atoms with E-state index in [1.807, 2.05) is 48.2 Å². The number of benzene rings is 6. The molecule has 0 saturated carbocycles. The Balaban J connectivity index is 0.000000485. The zero-order valence-corrected chi connectivity index (χ0v) is 47.1. The van der Waals surface area contributed by atoms with Crippen molar-refractivity contribution in [2.45, 2.75) is 48.8 Å². The summed E-state index contributed by atoms with van der Waals surface area (Å²) in [7, 11) is 4.27. The summed E-state index contributed by atoms with van der Waals surface area (Å²) in [5.74, 6) is 2.40. The first-order valence-electron chi connectivity index (χ1n) is 18.7. The SMILES string of the molecule is C.CN1Cc2c(Cl)cc(Cl)cc2C(c2cccc(Br)c2)C1.CN1Cc2c(Cl)cc(Cl)cc2C(c2cccc(SCc3ccccc3)c2)C1.O=CO[O-].SCc1ccccc1.[H-].[K+].[K+]. The average Bonchev–Trinajstić information content (AvgIpc) is 3.24. The van der Waals surface area contributed by atoms with Crippen LogP contribution in [0.5, 0.6) is 0 Å². The van der Waals surface area contributed by atoms with Crippen LogP contribution in [0.2, 0.25) is 20.1 Å². The second kappa shape index (κ2) is 30.6. The van der Waals surface area contributed by atoms with E-state index in [1.165, 1.54) is 49.4 Å². The molecule has 2 aliphatic heterocycles. The summed E-state index contributed by atoms with van der Waals surface area (Å²) in [6, 6.07) is 45.9. The summed E-state index contributed by atoms with van der Waals surface area (Å²) in [4.78, 5) is 17.2. The molecule has 0 amide bonds. The molecule has 2 heterocycles. The van der Waals surface area contributed by atoms with E-state index in [0.29, 0.717) is 16.0 Å². The standard InChI is InChI=1S/C23H21Cl2NS.C16H14BrCl2N.C7H8S.CH2O3.CH4.2K.H/c1-26-13-21(20-11-18(24)12-23(25)22(20)14-26)17-8-5-9-19(10-17)27-15-16-6-3-2-4-7-16;1-20-8-14(10-3-2-4-11(17)5-10)13-6-12(18)7-16(19)15(13)9-20;8-6-7-4-2-1-3-5-7;2-1-4-3;;;;/h2-12,21H,13-15H2,1H3;2-7,14H,8-9H2,1H3;1-5,8H,6H2;1,3H;1H4;;;/q;;;;;2*+1;-1/p-1. The quantitative estimate of drug-likeness (QED) is 0.0447. The first-order valence-corrected chi connectivity index (χ1v) is 22.6. The fourth-order valence-electron chi connectivity index (χ4n) is 7.13. The van der Waals surface area contributed by atoms with E-state index >= 15 is 0 Å². The van der Waals surface area contributed by atoms with Crippen molar-refractivity contribution < 1.29 is 119 Å². The van der Waals surface area contributed by atoms with Crippen LogP contribution in [0, 0.1) is 0 Å². The van der Waals surface area contributed by atoms with Crippen molar-refractivity contribution >= 4 is 93.2 Å². The Hall–Kier alpha value is 0.283. The number of thioether (sulfide) groups is 1. The van der Waals surface area contributed by atoms with Crippen LogP contribution in [0.15, 0.2) is 143 Å². The monoisotopic (exact) mass is 1060 g/mol. The van der Waals surface area contributed by atoms with E-state index in [0.717, 1.165) is 52.2 Å². The molecule has 6 aromatic carbocycles. The fourth-order valence-corrected chi connectivity index (χ4v) is 9.82. The Bertz CT molecular complexity index is 2290. The molecule has 2 atom stereocenters. The normalized spacial score (nSPS) is 15.0. The molecule has 0 aromatic heterocycles. The molecule has 0 aliphatic carbocycles. The van der Waals surface area contributed by atoms with Crippen LogP contribution < -0.4 is 108 Å². The van der Waals surface area contributed by atoms with Gasteiger partial charge in [0.15, 0.2) is 0 Å². The van der Waals surface area contributed by atoms with Gasteiger partial charge in [-0.25, -0.2) is 0 Å². The number of carbonyl (C=O) groups is 1. The van der Waals surface area contributed by atoms with Gasteiger partial charge in [-0.15, -0.1) is 11.8 Å². The van der Waals surface area contributed by atoms with Gasteiger partial charge in [0.25, 0.3) is 6.47 Å². The number of halogens is 5. The predicted octanol–water partition coefficient (Wildman–Crippen LogP) is 7.50. The van der Waals surface area contributed by atoms with Gasteiger partial charge in [0.1, 0.15) is 0 Å². The zero-order chi connectivity index (χ0) is 42.3. The van der Waals surface area contributed by atoms with Crippen molar-refractivity contribution in [2.75, 3.05) is 27.2 Å². The van der Waals surface area contributed by atoms with Crippen molar-refractivity contribution in [1.29, 1.82) is 0 Å². The third-order valence-corrected chi connectivity index (χ3v) is 12.8. The summed E-state index contributed by atoms with van der Waals surface area (Å²) in [6.45, 7) is 3.50. The van der Waals surface area contributed by atoms with Gasteiger partial charge in [-0.05, 0) is 107 Å². The second-order valence-corrected chi connectivity index (χ2v) is 18.1. The van der Waals surface area contributed by atoms with Crippen LogP contribution >= 0.6 is 86.7 Å². The summed E-state index contributed by atoms with van der Waals surface area (Å²) < 4.78 is 1.10. The maximum atomic E-state index is 8.64. The van der Waals surface area contributed by atoms with Gasteiger partial charge < -0.3 is 21.4 Å². The van der Waals surface area contributed by atoms with E-state index < -0.39 is 0 Å². The number of hydrogen-bond donors (Lipinski definition) is 1. The molecule has 0 fully saturated rings. The van der Waals surface area contributed by atoms with Crippen LogP contribution in [0.25, 0.3) is 0 Å². The van der Waals surface area contributed by atoms with Crippen LogP contribution in [0.4, 0.5) is 0 Å². The fraction of sp³-hybridized carbons (Fsp3) is 0.229. The summed E-state index contributed by atoms with van der Waals surface area (Å²) in [5, 5.41) is 11.4. The number of carbonyl (C=O) groups excluding carboxylic acids is 1. The Morgan fingerprint density at radius 3 is 1.60 bits per heavy atom. The minimum atomic E-state index is -0.181. The molecule has 0 N–H and O–H groups in total. The number of nitrogens with zero attached hydrogens (tertiary/aromatic N) is 2. The number of fused-ring (bicyclic) bond motifs is 2. The van der Waals surface area contributed by atoms with Gasteiger partial charge >= 0.3 is 103 Å². The zero-order valence-electron chi connectivity index (χ0n) is 35.5. The largest absolute Gasteiger partial charge is 1.00 e. The minimum Gasteiger partial charge on any atom is -1.00 e. The van der Waals surface area contributed by atoms with Gasteiger partial charge in [-0.3, -0.25) is 4.79 Å². The maximum Gasteiger partial charge on any atom is 1.00 e. The van der Waals surface area contributed by atoms with Gasteiger partial charge in [0, 0.05) is 79.0 Å². The van der Waals surface area contributed by atoms with Crippen LogP contribution in [0.1, 0.15) is 65.2 Å². The van der Waals surface area contributed by atoms with E-state index in [4.69, 9.17) is 56.5 Å². The van der Waals surface area contributed by atoms with E-state index in [-0.39, 0.29) is 124 Å². The summed E-state index contributed by atoms with van der Waals surface area (Å²) in [6.07, 6.45) is 0. The molecular weight excluding hydrogens is 1020 g/mol. The van der Waals surface area contributed by atoms with Crippen molar-refractivity contribution in [3.05, 3.63) is 203 Å². The molecule has 6 aromatic rings. The Labute approximate surface area is 492 Å². The van der Waals surface area contributed by atoms with Crippen LogP contribution in [0.3, 0.4) is 0 Å². The molecule has 0 saturated heterocycles. The summed E-state index contributed by atoms with van der Waals surface area (Å²) >= 11 is 34.9. The number of hydrogen-bond acceptors (Lipinski definition) is 7. The molecule has 62 heavy (non-hydrogen) atoms. The Morgan fingerprint density at radius 1 is 0.710 bits per heavy atom. The van der Waals surface area contributed by atoms with Crippen LogP contribution in [-0.4, -0.2) is 43.5 Å². The smallest absolute Gasteiger partial charge is 1.00 e. The molecule has 5 nitrogen and oxygen atoms in total. The average molecular weight is 1070 g/mol. The van der Waals surface area contributed by atoms with Gasteiger partial charge in [-0.1, -0.05) is 155 Å². The van der Waals surface area contributed by atoms with Crippen LogP contribution in [-0.2, 0) is 34.3 Å². The molecule has 318 valence electrons. The molecule has 2 aliphatic rings. The van der Waals surface area contributed by atoms with Crippen molar-refractivity contribution in [3.63, 3.8) is 0 Å². The third-order valence-electron chi connectivity index (χ3n) is 9.81. The molecule has 2 unspecified atom stereocenters. The summed E-state index contributed by atoms with van der Waals surface area (Å²) in [5.41, 5.74) is 10.1. The number of likely N-dealkylation sites (N-methyl/N-ethyl adjacent to an activating group) is 2. The first kappa shape index (κ1) is 58.4. The molecule has 0 bridgehead atoms. The van der Waals surface area contributed by atoms with E-state index in [1.54, 1.807) is 0 Å². The van der Waals surface area contributed by atoms with Crippen molar-refractivity contribution in [3.8, 4) is 0 Å². The van der Waals surface area contributed by atoms with Gasteiger partial charge in [0.2, 0.25) is 0 Å². The first-order chi connectivity index (χ1) is 28.5. The van der Waals surface area contributed by atoms with Gasteiger partial charge in [0.05, 0.1) is 0 Å². The maximum absolute atomic E-state index is 8.64. The Morgan fingerprint density at radius 2 is 1.16 bits per heavy atom. The molecule has 0 spiro atoms. The van der Waals surface area contributed by atoms with Crippen molar-refractivity contribution in [2.24, 2.45) is 0 Å². The minimum absolute atomic E-state index is 0. The topological polar surface area (TPSA) is 55.8 Å². The number of thiol groups is 1. The molecule has 0 radical (unpaired) electrons. The van der Waals surface area contributed by atoms with Gasteiger partial charge in [-0.2, -0.15) is 12.6 Å². The van der Waals surface area contributed by atoms with E-state index in [9.17, 15) is 0 Å². The van der Waals surface area contributed by atoms with E-state index in [2.05, 4.69) is 154 Å².